The molecule has 5 heteroatoms. The molecule has 0 unspecified atom stereocenters. The Kier molecular flexibility index (Phi) is 3.75. The molecule has 0 aliphatic heterocycles. The van der Waals surface area contributed by atoms with Gasteiger partial charge in [0.15, 0.2) is 0 Å². The van der Waals surface area contributed by atoms with Gasteiger partial charge in [-0.05, 0) is 18.9 Å². The second-order valence-electron chi connectivity index (χ2n) is 5.55. The van der Waals surface area contributed by atoms with Crippen LogP contribution in [0.2, 0.25) is 0 Å². The number of hydrogen-bond donors (Lipinski definition) is 2. The standard InChI is InChI=1S/C16H20N4O/c1-20(10-15(21)19-12-6-7-12)16-11(8-17)9-18-14-5-3-2-4-13(14)16/h2-5,9,12H,6-8,10,17H2,1H3,(H,19,21). The van der Waals surface area contributed by atoms with Crippen molar-refractivity contribution in [3.63, 3.8) is 0 Å². The van der Waals surface area contributed by atoms with Crippen LogP contribution in [0.25, 0.3) is 10.9 Å². The van der Waals surface area contributed by atoms with Crippen LogP contribution in [-0.2, 0) is 11.3 Å². The maximum absolute atomic E-state index is 12.0. The van der Waals surface area contributed by atoms with Crippen molar-refractivity contribution in [2.45, 2.75) is 25.4 Å². The normalized spacial score (nSPS) is 14.2. The van der Waals surface area contributed by atoms with Crippen LogP contribution in [0.5, 0.6) is 0 Å². The van der Waals surface area contributed by atoms with Gasteiger partial charge in [-0.15, -0.1) is 0 Å². The lowest BCUT2D eigenvalue weighted by Crippen LogP contribution is -2.36. The fraction of sp³-hybridized carbons (Fsp3) is 0.375. The van der Waals surface area contributed by atoms with Gasteiger partial charge in [-0.2, -0.15) is 0 Å². The molecule has 1 aliphatic rings. The molecule has 0 saturated heterocycles. The van der Waals surface area contributed by atoms with Gasteiger partial charge in [0.05, 0.1) is 17.7 Å². The van der Waals surface area contributed by atoms with Crippen LogP contribution in [0.15, 0.2) is 30.5 Å². The molecule has 0 bridgehead atoms. The molecular weight excluding hydrogens is 264 g/mol. The summed E-state index contributed by atoms with van der Waals surface area (Å²) in [5.74, 6) is 0.0591. The monoisotopic (exact) mass is 284 g/mol. The van der Waals surface area contributed by atoms with Crippen molar-refractivity contribution in [3.05, 3.63) is 36.0 Å². The third-order valence-corrected chi connectivity index (χ3v) is 3.75. The first kappa shape index (κ1) is 13.8. The van der Waals surface area contributed by atoms with Crippen LogP contribution >= 0.6 is 0 Å². The Bertz CT molecular complexity index is 666. The fourth-order valence-electron chi connectivity index (χ4n) is 2.56. The average Bonchev–Trinajstić information content (AvgIpc) is 3.29. The molecule has 1 fully saturated rings. The van der Waals surface area contributed by atoms with E-state index in [2.05, 4.69) is 10.3 Å². The summed E-state index contributed by atoms with van der Waals surface area (Å²) in [7, 11) is 1.92. The molecule has 0 atom stereocenters. The molecule has 21 heavy (non-hydrogen) atoms. The van der Waals surface area contributed by atoms with Gasteiger partial charge in [-0.3, -0.25) is 9.78 Å². The number of benzene rings is 1. The van der Waals surface area contributed by atoms with Crippen molar-refractivity contribution in [2.75, 3.05) is 18.5 Å². The van der Waals surface area contributed by atoms with Crippen molar-refractivity contribution in [1.82, 2.24) is 10.3 Å². The summed E-state index contributed by atoms with van der Waals surface area (Å²) in [6.45, 7) is 0.735. The number of amides is 1. The first-order chi connectivity index (χ1) is 10.2. The zero-order valence-corrected chi connectivity index (χ0v) is 12.2. The fourth-order valence-corrected chi connectivity index (χ4v) is 2.56. The maximum Gasteiger partial charge on any atom is 0.239 e. The Morgan fingerprint density at radius 3 is 2.90 bits per heavy atom. The van der Waals surface area contributed by atoms with E-state index in [9.17, 15) is 4.79 Å². The third kappa shape index (κ3) is 2.97. The first-order valence-electron chi connectivity index (χ1n) is 7.26. The average molecular weight is 284 g/mol. The van der Waals surface area contributed by atoms with Crippen LogP contribution in [0.3, 0.4) is 0 Å². The second kappa shape index (κ2) is 5.69. The highest BCUT2D eigenvalue weighted by Gasteiger charge is 2.24. The van der Waals surface area contributed by atoms with Gasteiger partial charge in [0, 0.05) is 36.8 Å². The molecule has 0 radical (unpaired) electrons. The maximum atomic E-state index is 12.0. The Labute approximate surface area is 124 Å². The molecule has 0 spiro atoms. The van der Waals surface area contributed by atoms with Gasteiger partial charge in [-0.1, -0.05) is 18.2 Å². The molecule has 1 saturated carbocycles. The minimum absolute atomic E-state index is 0.0591. The number of aromatic nitrogens is 1. The Morgan fingerprint density at radius 1 is 1.43 bits per heavy atom. The van der Waals surface area contributed by atoms with Gasteiger partial charge in [-0.25, -0.2) is 0 Å². The van der Waals surface area contributed by atoms with E-state index in [4.69, 9.17) is 5.73 Å². The zero-order chi connectivity index (χ0) is 14.8. The van der Waals surface area contributed by atoms with Gasteiger partial charge in [0.25, 0.3) is 0 Å². The van der Waals surface area contributed by atoms with Gasteiger partial charge in [0.1, 0.15) is 0 Å². The number of nitrogens with zero attached hydrogens (tertiary/aromatic N) is 2. The molecule has 3 rings (SSSR count). The summed E-state index contributed by atoms with van der Waals surface area (Å²) >= 11 is 0. The number of likely N-dealkylation sites (N-methyl/N-ethyl adjacent to an activating group) is 1. The number of nitrogens with two attached hydrogens (primary N) is 1. The zero-order valence-electron chi connectivity index (χ0n) is 12.2. The van der Waals surface area contributed by atoms with Crippen molar-refractivity contribution in [3.8, 4) is 0 Å². The van der Waals surface area contributed by atoms with E-state index in [0.717, 1.165) is 35.0 Å². The van der Waals surface area contributed by atoms with Gasteiger partial charge in [0.2, 0.25) is 5.91 Å². The summed E-state index contributed by atoms with van der Waals surface area (Å²) in [6, 6.07) is 8.31. The van der Waals surface area contributed by atoms with E-state index < -0.39 is 0 Å². The number of para-hydroxylation sites is 1. The van der Waals surface area contributed by atoms with E-state index in [1.54, 1.807) is 6.20 Å². The number of carbonyl (C=O) groups excluding carboxylic acids is 1. The van der Waals surface area contributed by atoms with Crippen LogP contribution in [0, 0.1) is 0 Å². The van der Waals surface area contributed by atoms with Crippen molar-refractivity contribution < 1.29 is 4.79 Å². The van der Waals surface area contributed by atoms with Gasteiger partial charge < -0.3 is 16.0 Å². The Balaban J connectivity index is 1.90. The predicted octanol–water partition coefficient (Wildman–Crippen LogP) is 1.41. The van der Waals surface area contributed by atoms with Crippen LogP contribution in [-0.4, -0.2) is 30.5 Å². The van der Waals surface area contributed by atoms with Crippen LogP contribution < -0.4 is 16.0 Å². The minimum Gasteiger partial charge on any atom is -0.364 e. The van der Waals surface area contributed by atoms with Crippen LogP contribution in [0.4, 0.5) is 5.69 Å². The summed E-state index contributed by atoms with van der Waals surface area (Å²) in [4.78, 5) is 18.4. The van der Waals surface area contributed by atoms with Crippen molar-refractivity contribution >= 4 is 22.5 Å². The highest BCUT2D eigenvalue weighted by atomic mass is 16.2. The summed E-state index contributed by atoms with van der Waals surface area (Å²) in [5, 5.41) is 4.04. The molecule has 110 valence electrons. The number of fused-ring (bicyclic) bond motifs is 1. The van der Waals surface area contributed by atoms with E-state index in [-0.39, 0.29) is 5.91 Å². The molecule has 3 N–H and O–H groups in total. The number of rotatable bonds is 5. The second-order valence-corrected chi connectivity index (χ2v) is 5.55. The number of carbonyl (C=O) groups is 1. The van der Waals surface area contributed by atoms with E-state index in [1.165, 1.54) is 0 Å². The van der Waals surface area contributed by atoms with Gasteiger partial charge >= 0.3 is 0 Å². The number of pyridine rings is 1. The lowest BCUT2D eigenvalue weighted by molar-refractivity contribution is -0.119. The Morgan fingerprint density at radius 2 is 2.19 bits per heavy atom. The number of nitrogens with one attached hydrogen (secondary N) is 1. The summed E-state index contributed by atoms with van der Waals surface area (Å²) < 4.78 is 0. The molecule has 2 aromatic rings. The SMILES string of the molecule is CN(CC(=O)NC1CC1)c1c(CN)cnc2ccccc12. The number of anilines is 1. The Hall–Kier alpha value is -2.14. The predicted molar refractivity (Wildman–Crippen MR) is 84.1 cm³/mol. The third-order valence-electron chi connectivity index (χ3n) is 3.75. The number of hydrogen-bond acceptors (Lipinski definition) is 4. The van der Waals surface area contributed by atoms with E-state index >= 15 is 0 Å². The van der Waals surface area contributed by atoms with E-state index in [0.29, 0.717) is 19.1 Å². The molecule has 1 heterocycles. The lowest BCUT2D eigenvalue weighted by Gasteiger charge is -2.23. The molecule has 1 aliphatic carbocycles. The van der Waals surface area contributed by atoms with Crippen molar-refractivity contribution in [2.24, 2.45) is 5.73 Å². The largest absolute Gasteiger partial charge is 0.364 e. The highest BCUT2D eigenvalue weighted by Crippen LogP contribution is 2.28. The van der Waals surface area contributed by atoms with E-state index in [1.807, 2.05) is 36.2 Å². The highest BCUT2D eigenvalue weighted by molar-refractivity contribution is 5.95. The smallest absolute Gasteiger partial charge is 0.239 e. The lowest BCUT2D eigenvalue weighted by atomic mass is 10.1. The molecule has 5 nitrogen and oxygen atoms in total. The van der Waals surface area contributed by atoms with Crippen LogP contribution in [0.1, 0.15) is 18.4 Å². The van der Waals surface area contributed by atoms with Crippen molar-refractivity contribution in [1.29, 1.82) is 0 Å². The molecule has 1 aromatic heterocycles. The summed E-state index contributed by atoms with van der Waals surface area (Å²) in [5.41, 5.74) is 8.70. The molecular formula is C16H20N4O. The topological polar surface area (TPSA) is 71.2 Å². The first-order valence-corrected chi connectivity index (χ1v) is 7.26. The quantitative estimate of drug-likeness (QED) is 0.871. The summed E-state index contributed by atoms with van der Waals surface area (Å²) in [6.07, 6.45) is 4.00. The molecule has 1 amide bonds. The molecule has 1 aromatic carbocycles. The minimum atomic E-state index is 0.0591.